The third-order valence-corrected chi connectivity index (χ3v) is 5.98. The summed E-state index contributed by atoms with van der Waals surface area (Å²) in [6.07, 6.45) is 5.73. The molecule has 0 radical (unpaired) electrons. The minimum atomic E-state index is -0.508. The van der Waals surface area contributed by atoms with Crippen LogP contribution in [0.4, 0.5) is 28.8 Å². The minimum absolute atomic E-state index is 0. The molecule has 1 aromatic carbocycles. The van der Waals surface area contributed by atoms with Crippen LogP contribution in [-0.4, -0.2) is 40.9 Å². The highest BCUT2D eigenvalue weighted by atomic mass is 35.5. The van der Waals surface area contributed by atoms with E-state index in [9.17, 15) is 14.9 Å². The van der Waals surface area contributed by atoms with Crippen LogP contribution >= 0.6 is 12.4 Å². The van der Waals surface area contributed by atoms with E-state index in [0.29, 0.717) is 18.2 Å². The normalized spacial score (nSPS) is 17.7. The summed E-state index contributed by atoms with van der Waals surface area (Å²) in [5.41, 5.74) is 8.31. The molecule has 2 heterocycles. The molecular formula is C21H28ClN7O3. The highest BCUT2D eigenvalue weighted by Gasteiger charge is 2.29. The second-order valence-electron chi connectivity index (χ2n) is 8.06. The van der Waals surface area contributed by atoms with Crippen LogP contribution in [0.2, 0.25) is 0 Å². The number of nitrogens with two attached hydrogens (primary N) is 1. The number of anilines is 4. The van der Waals surface area contributed by atoms with E-state index in [1.807, 2.05) is 0 Å². The van der Waals surface area contributed by atoms with E-state index in [0.717, 1.165) is 62.1 Å². The first-order valence-corrected chi connectivity index (χ1v) is 10.6. The molecule has 1 aromatic heterocycles. The number of fused-ring (bicyclic) bond motifs is 1. The van der Waals surface area contributed by atoms with Gasteiger partial charge in [-0.25, -0.2) is 4.98 Å². The Bertz CT molecular complexity index is 1020. The van der Waals surface area contributed by atoms with Gasteiger partial charge < -0.3 is 21.3 Å². The summed E-state index contributed by atoms with van der Waals surface area (Å²) in [4.78, 5) is 34.6. The van der Waals surface area contributed by atoms with Crippen molar-refractivity contribution in [2.45, 2.75) is 38.5 Å². The van der Waals surface area contributed by atoms with Crippen molar-refractivity contribution in [3.63, 3.8) is 0 Å². The Labute approximate surface area is 192 Å². The summed E-state index contributed by atoms with van der Waals surface area (Å²) >= 11 is 0. The van der Waals surface area contributed by atoms with Crippen molar-refractivity contribution in [1.29, 1.82) is 0 Å². The molecule has 2 aliphatic rings. The van der Waals surface area contributed by atoms with Crippen LogP contribution in [0.5, 0.6) is 0 Å². The first-order valence-electron chi connectivity index (χ1n) is 10.6. The van der Waals surface area contributed by atoms with Crippen molar-refractivity contribution in [3.05, 3.63) is 39.6 Å². The maximum absolute atomic E-state index is 12.2. The van der Waals surface area contributed by atoms with Gasteiger partial charge in [0.25, 0.3) is 5.69 Å². The molecule has 0 saturated carbocycles. The van der Waals surface area contributed by atoms with E-state index in [1.165, 1.54) is 12.1 Å². The minimum Gasteiger partial charge on any atom is -0.393 e. The summed E-state index contributed by atoms with van der Waals surface area (Å²) in [5.74, 6) is 1.26. The Balaban J connectivity index is 0.00000289. The summed E-state index contributed by atoms with van der Waals surface area (Å²) in [6.45, 7) is 1.46. The molecule has 0 spiro atoms. The fourth-order valence-corrected chi connectivity index (χ4v) is 4.39. The predicted octanol–water partition coefficient (Wildman–Crippen LogP) is 2.97. The number of amides is 1. The average molecular weight is 462 g/mol. The van der Waals surface area contributed by atoms with Crippen LogP contribution in [0.1, 0.15) is 36.9 Å². The molecule has 2 aromatic rings. The van der Waals surface area contributed by atoms with Gasteiger partial charge in [0, 0.05) is 37.5 Å². The van der Waals surface area contributed by atoms with Crippen molar-refractivity contribution < 1.29 is 9.72 Å². The van der Waals surface area contributed by atoms with Gasteiger partial charge in [0.15, 0.2) is 0 Å². The number of rotatable bonds is 5. The van der Waals surface area contributed by atoms with Gasteiger partial charge in [0.1, 0.15) is 11.5 Å². The van der Waals surface area contributed by atoms with Gasteiger partial charge in [-0.2, -0.15) is 4.98 Å². The van der Waals surface area contributed by atoms with Gasteiger partial charge in [-0.05, 0) is 50.7 Å². The van der Waals surface area contributed by atoms with Gasteiger partial charge in [-0.3, -0.25) is 14.9 Å². The lowest BCUT2D eigenvalue weighted by molar-refractivity contribution is -0.383. The van der Waals surface area contributed by atoms with Crippen LogP contribution in [-0.2, 0) is 17.6 Å². The number of nitro groups is 1. The Morgan fingerprint density at radius 3 is 2.78 bits per heavy atom. The van der Waals surface area contributed by atoms with E-state index >= 15 is 0 Å². The number of hydrogen-bond acceptors (Lipinski definition) is 8. The molecule has 1 fully saturated rings. The number of carbonyl (C=O) groups excluding carboxylic acids is 1. The molecule has 1 aliphatic heterocycles. The molecule has 4 N–H and O–H groups in total. The van der Waals surface area contributed by atoms with Crippen LogP contribution in [0.3, 0.4) is 0 Å². The molecule has 0 unspecified atom stereocenters. The van der Waals surface area contributed by atoms with E-state index in [1.54, 1.807) is 13.1 Å². The Morgan fingerprint density at radius 1 is 1.25 bits per heavy atom. The van der Waals surface area contributed by atoms with Gasteiger partial charge in [0.05, 0.1) is 16.5 Å². The number of aromatic nitrogens is 2. The molecule has 10 nitrogen and oxygen atoms in total. The second-order valence-corrected chi connectivity index (χ2v) is 8.06. The molecule has 11 heteroatoms. The molecule has 32 heavy (non-hydrogen) atoms. The smallest absolute Gasteiger partial charge is 0.294 e. The number of piperidine rings is 1. The number of nitrogen functional groups attached to an aromatic ring is 1. The lowest BCUT2D eigenvalue weighted by atomic mass is 9.93. The number of nitrogens with zero attached hydrogens (tertiary/aromatic N) is 4. The molecular weight excluding hydrogens is 434 g/mol. The number of hydrogen-bond donors (Lipinski definition) is 3. The van der Waals surface area contributed by atoms with Crippen LogP contribution in [0.15, 0.2) is 18.2 Å². The maximum Gasteiger partial charge on any atom is 0.294 e. The molecule has 172 valence electrons. The fraction of sp³-hybridized carbons (Fsp3) is 0.476. The van der Waals surface area contributed by atoms with Gasteiger partial charge in [-0.1, -0.05) is 0 Å². The summed E-state index contributed by atoms with van der Waals surface area (Å²) in [5, 5.41) is 17.1. The third-order valence-electron chi connectivity index (χ3n) is 5.98. The third kappa shape index (κ3) is 4.85. The quantitative estimate of drug-likeness (QED) is 0.350. The first kappa shape index (κ1) is 23.5. The molecule has 1 aliphatic carbocycles. The number of carbonyl (C=O) groups is 1. The van der Waals surface area contributed by atoms with Crippen LogP contribution < -0.4 is 21.3 Å². The number of nitro benzene ring substituents is 1. The van der Waals surface area contributed by atoms with E-state index in [4.69, 9.17) is 15.7 Å². The predicted molar refractivity (Wildman–Crippen MR) is 126 cm³/mol. The molecule has 1 atom stereocenters. The van der Waals surface area contributed by atoms with Gasteiger partial charge in [-0.15, -0.1) is 12.4 Å². The molecule has 1 amide bonds. The number of nitrogens with one attached hydrogen (secondary N) is 2. The van der Waals surface area contributed by atoms with Crippen molar-refractivity contribution in [1.82, 2.24) is 15.3 Å². The molecule has 0 bridgehead atoms. The van der Waals surface area contributed by atoms with E-state index < -0.39 is 4.92 Å². The van der Waals surface area contributed by atoms with Crippen molar-refractivity contribution in [2.75, 3.05) is 36.1 Å². The molecule has 1 saturated heterocycles. The SMILES string of the molecule is CNC(=O)[C@@H]1CCCN(c2nc(Nc3ccc(N)c([N+](=O)[O-])c3)nc3c2CCCC3)C1.Cl. The number of aryl methyl sites for hydroxylation is 1. The zero-order valence-electron chi connectivity index (χ0n) is 18.0. The summed E-state index contributed by atoms with van der Waals surface area (Å²) in [6, 6.07) is 4.56. The lowest BCUT2D eigenvalue weighted by Crippen LogP contribution is -2.43. The topological polar surface area (TPSA) is 139 Å². The Kier molecular flexibility index (Phi) is 7.34. The lowest BCUT2D eigenvalue weighted by Gasteiger charge is -2.35. The Morgan fingerprint density at radius 2 is 2.03 bits per heavy atom. The van der Waals surface area contributed by atoms with Crippen LogP contribution in [0.25, 0.3) is 0 Å². The van der Waals surface area contributed by atoms with Gasteiger partial charge >= 0.3 is 0 Å². The van der Waals surface area contributed by atoms with Crippen molar-refractivity contribution >= 4 is 47.1 Å². The number of benzene rings is 1. The highest BCUT2D eigenvalue weighted by molar-refractivity contribution is 5.85. The standard InChI is InChI=1S/C21H27N7O3.ClH/c1-23-20(29)13-5-4-10-27(12-13)19-15-6-2-3-7-17(15)25-21(26-19)24-14-8-9-16(22)18(11-14)28(30)31;/h8-9,11,13H,2-7,10,12,22H2,1H3,(H,23,29)(H,24,25,26);1H/t13-;/m1./s1. The average Bonchev–Trinajstić information content (AvgIpc) is 2.79. The van der Waals surface area contributed by atoms with Crippen molar-refractivity contribution in [3.8, 4) is 0 Å². The van der Waals surface area contributed by atoms with Crippen LogP contribution in [0, 0.1) is 16.0 Å². The fourth-order valence-electron chi connectivity index (χ4n) is 4.39. The second kappa shape index (κ2) is 9.99. The zero-order chi connectivity index (χ0) is 22.0. The Hall–Kier alpha value is -3.14. The largest absolute Gasteiger partial charge is 0.393 e. The number of halogens is 1. The highest BCUT2D eigenvalue weighted by Crippen LogP contribution is 2.33. The monoisotopic (exact) mass is 461 g/mol. The molecule has 4 rings (SSSR count). The van der Waals surface area contributed by atoms with E-state index in [2.05, 4.69) is 15.5 Å². The summed E-state index contributed by atoms with van der Waals surface area (Å²) < 4.78 is 0. The van der Waals surface area contributed by atoms with Gasteiger partial charge in [0.2, 0.25) is 11.9 Å². The maximum atomic E-state index is 12.2. The zero-order valence-corrected chi connectivity index (χ0v) is 18.8. The summed E-state index contributed by atoms with van der Waals surface area (Å²) in [7, 11) is 1.67. The van der Waals surface area contributed by atoms with E-state index in [-0.39, 0.29) is 35.6 Å². The van der Waals surface area contributed by atoms with Crippen molar-refractivity contribution in [2.24, 2.45) is 5.92 Å². The first-order chi connectivity index (χ1) is 15.0.